The Balaban J connectivity index is 1.14. The predicted molar refractivity (Wildman–Crippen MR) is 159 cm³/mol. The van der Waals surface area contributed by atoms with Crippen molar-refractivity contribution in [1.29, 1.82) is 0 Å². The molecule has 6 rings (SSSR count). The summed E-state index contributed by atoms with van der Waals surface area (Å²) in [7, 11) is 0. The smallest absolute Gasteiger partial charge is 0.410 e. The molecule has 14 heteroatoms. The monoisotopic (exact) mass is 607 g/mol. The van der Waals surface area contributed by atoms with E-state index in [2.05, 4.69) is 20.9 Å². The van der Waals surface area contributed by atoms with Gasteiger partial charge in [-0.2, -0.15) is 5.10 Å². The molecule has 0 saturated carbocycles. The second-order valence-electron chi connectivity index (χ2n) is 11.5. The van der Waals surface area contributed by atoms with Gasteiger partial charge in [-0.25, -0.2) is 14.6 Å². The minimum atomic E-state index is -0.581. The lowest BCUT2D eigenvalue weighted by molar-refractivity contribution is 0.0141. The van der Waals surface area contributed by atoms with Crippen LogP contribution in [0.1, 0.15) is 46.4 Å². The van der Waals surface area contributed by atoms with Gasteiger partial charge in [-0.15, -0.1) is 11.3 Å². The molecular formula is C29H33N7O6S. The van der Waals surface area contributed by atoms with Crippen molar-refractivity contribution >= 4 is 40.8 Å². The number of carbonyl (C=O) groups excluding carboxylic acids is 4. The van der Waals surface area contributed by atoms with E-state index in [1.807, 2.05) is 20.8 Å². The number of aromatic amines is 1. The molecule has 3 aromatic rings. The number of hydrogen-bond donors (Lipinski definition) is 3. The number of benzene rings is 1. The topological polar surface area (TPSA) is 149 Å². The highest BCUT2D eigenvalue weighted by Crippen LogP contribution is 2.44. The Kier molecular flexibility index (Phi) is 7.66. The molecule has 0 atom stereocenters. The van der Waals surface area contributed by atoms with Crippen LogP contribution in [0.3, 0.4) is 0 Å². The van der Waals surface area contributed by atoms with Crippen LogP contribution in [0.25, 0.3) is 21.8 Å². The summed E-state index contributed by atoms with van der Waals surface area (Å²) in [6.45, 7) is 9.25. The van der Waals surface area contributed by atoms with E-state index < -0.39 is 11.6 Å². The van der Waals surface area contributed by atoms with Crippen molar-refractivity contribution in [3.8, 4) is 21.8 Å². The summed E-state index contributed by atoms with van der Waals surface area (Å²) in [5, 5.41) is 12.0. The molecule has 3 N–H and O–H groups in total. The number of carbonyl (C=O) groups is 4. The Morgan fingerprint density at radius 1 is 0.977 bits per heavy atom. The van der Waals surface area contributed by atoms with Crippen LogP contribution in [0, 0.1) is 0 Å². The fourth-order valence-corrected chi connectivity index (χ4v) is 6.27. The molecule has 13 nitrogen and oxygen atoms in total. The van der Waals surface area contributed by atoms with Crippen LogP contribution in [0.2, 0.25) is 0 Å². The molecule has 4 heterocycles. The van der Waals surface area contributed by atoms with Crippen LogP contribution in [0.15, 0.2) is 30.3 Å². The zero-order valence-corrected chi connectivity index (χ0v) is 25.0. The number of urea groups is 1. The number of hydrazine groups is 1. The molecule has 2 fully saturated rings. The number of nitrogens with zero attached hydrogens (tertiary/aromatic N) is 4. The Labute approximate surface area is 252 Å². The van der Waals surface area contributed by atoms with E-state index in [1.54, 1.807) is 45.1 Å². The predicted octanol–water partition coefficient (Wildman–Crippen LogP) is 3.41. The van der Waals surface area contributed by atoms with E-state index in [-0.39, 0.29) is 17.8 Å². The van der Waals surface area contributed by atoms with Gasteiger partial charge in [0.25, 0.3) is 5.91 Å². The van der Waals surface area contributed by atoms with Crippen LogP contribution in [-0.4, -0.2) is 107 Å². The van der Waals surface area contributed by atoms with Gasteiger partial charge in [-0.3, -0.25) is 20.1 Å². The summed E-state index contributed by atoms with van der Waals surface area (Å²) in [6, 6.07) is 8.36. The van der Waals surface area contributed by atoms with E-state index >= 15 is 0 Å². The highest BCUT2D eigenvalue weighted by atomic mass is 32.1. The summed E-state index contributed by atoms with van der Waals surface area (Å²) < 4.78 is 10.8. The first-order valence-corrected chi connectivity index (χ1v) is 14.9. The molecule has 0 unspecified atom stereocenters. The van der Waals surface area contributed by atoms with E-state index in [9.17, 15) is 19.2 Å². The lowest BCUT2D eigenvalue weighted by Gasteiger charge is -2.35. The number of H-pyrrole nitrogens is 1. The average Bonchev–Trinajstić information content (AvgIpc) is 3.69. The molecule has 2 aliphatic heterocycles. The van der Waals surface area contributed by atoms with Crippen LogP contribution < -0.4 is 10.7 Å². The highest BCUT2D eigenvalue weighted by molar-refractivity contribution is 7.17. The van der Waals surface area contributed by atoms with Gasteiger partial charge in [-0.1, -0.05) is 12.1 Å². The van der Waals surface area contributed by atoms with E-state index in [4.69, 9.17) is 9.47 Å². The zero-order valence-electron chi connectivity index (χ0n) is 24.2. The molecule has 0 bridgehead atoms. The van der Waals surface area contributed by atoms with Crippen molar-refractivity contribution in [2.24, 2.45) is 0 Å². The standard InChI is InChI=1S/C29H33N7O6S/c1-29(2,3)42-28(40)35-11-9-34(10-12-35)26(38)20-8-7-19(43-20)24-22-23(31-32-24)17-5-4-6-18(21(17)25(22)37)30-27(39)33-36-13-15-41-16-14-36/h4-8H,9-16H2,1-3H3,(H,31,32)(H2,30,33,39). The number of ketones is 1. The Bertz CT molecular complexity index is 1580. The summed E-state index contributed by atoms with van der Waals surface area (Å²) >= 11 is 1.27. The van der Waals surface area contributed by atoms with Crippen molar-refractivity contribution in [2.45, 2.75) is 26.4 Å². The number of morpholine rings is 1. The van der Waals surface area contributed by atoms with Gasteiger partial charge >= 0.3 is 12.1 Å². The fraction of sp³-hybridized carbons (Fsp3) is 0.414. The maximum Gasteiger partial charge on any atom is 0.410 e. The molecule has 1 aromatic carbocycles. The number of ether oxygens (including phenoxy) is 2. The number of aromatic nitrogens is 2. The largest absolute Gasteiger partial charge is 0.444 e. The molecule has 1 aliphatic carbocycles. The van der Waals surface area contributed by atoms with Crippen LogP contribution in [-0.2, 0) is 9.47 Å². The average molecular weight is 608 g/mol. The maximum absolute atomic E-state index is 13.7. The van der Waals surface area contributed by atoms with Crippen LogP contribution >= 0.6 is 11.3 Å². The maximum atomic E-state index is 13.7. The third kappa shape index (κ3) is 5.85. The quantitative estimate of drug-likeness (QED) is 0.320. The van der Waals surface area contributed by atoms with Crippen molar-refractivity contribution < 1.29 is 28.7 Å². The number of anilines is 1. The molecular weight excluding hydrogens is 574 g/mol. The van der Waals surface area contributed by atoms with Crippen molar-refractivity contribution in [1.82, 2.24) is 30.4 Å². The molecule has 3 aliphatic rings. The lowest BCUT2D eigenvalue weighted by atomic mass is 10.1. The van der Waals surface area contributed by atoms with E-state index in [0.717, 1.165) is 0 Å². The van der Waals surface area contributed by atoms with Gasteiger partial charge in [0.05, 0.1) is 45.5 Å². The Morgan fingerprint density at radius 2 is 1.70 bits per heavy atom. The molecule has 2 saturated heterocycles. The highest BCUT2D eigenvalue weighted by Gasteiger charge is 2.36. The van der Waals surface area contributed by atoms with Gasteiger partial charge in [0.1, 0.15) is 11.3 Å². The van der Waals surface area contributed by atoms with E-state index in [1.165, 1.54) is 11.3 Å². The Hall–Kier alpha value is -4.27. The second kappa shape index (κ2) is 11.4. The van der Waals surface area contributed by atoms with Crippen molar-refractivity contribution in [3.63, 3.8) is 0 Å². The summed E-state index contributed by atoms with van der Waals surface area (Å²) in [5.74, 6) is -0.390. The normalized spacial score (nSPS) is 17.0. The molecule has 43 heavy (non-hydrogen) atoms. The van der Waals surface area contributed by atoms with Gasteiger partial charge in [0.15, 0.2) is 5.78 Å². The van der Waals surface area contributed by atoms with Crippen molar-refractivity contribution in [3.05, 3.63) is 46.3 Å². The summed E-state index contributed by atoms with van der Waals surface area (Å²) in [5.41, 5.74) is 5.05. The summed E-state index contributed by atoms with van der Waals surface area (Å²) in [6.07, 6.45) is -0.382. The molecule has 2 aromatic heterocycles. The number of fused-ring (bicyclic) bond motifs is 3. The minimum absolute atomic E-state index is 0.136. The van der Waals surface area contributed by atoms with Crippen LogP contribution in [0.4, 0.5) is 15.3 Å². The van der Waals surface area contributed by atoms with E-state index in [0.29, 0.717) is 96.0 Å². The fourth-order valence-electron chi connectivity index (χ4n) is 5.29. The van der Waals surface area contributed by atoms with Gasteiger partial charge in [-0.05, 0) is 39.0 Å². The molecule has 4 amide bonds. The first kappa shape index (κ1) is 28.8. The number of amides is 4. The number of thiophene rings is 1. The lowest BCUT2D eigenvalue weighted by Crippen LogP contribution is -2.51. The SMILES string of the molecule is CC(C)(C)OC(=O)N1CCN(C(=O)c2ccc(-c3[nH]nc4c3C(=O)c3c(NC(=O)NN5CCOCC5)cccc3-4)s2)CC1. The third-order valence-corrected chi connectivity index (χ3v) is 8.43. The Morgan fingerprint density at radius 3 is 2.42 bits per heavy atom. The zero-order chi connectivity index (χ0) is 30.3. The van der Waals surface area contributed by atoms with Crippen molar-refractivity contribution in [2.75, 3.05) is 57.8 Å². The first-order chi connectivity index (χ1) is 20.6. The van der Waals surface area contributed by atoms with Gasteiger partial charge < -0.3 is 24.6 Å². The molecule has 0 radical (unpaired) electrons. The number of hydrogen-bond acceptors (Lipinski definition) is 9. The summed E-state index contributed by atoms with van der Waals surface area (Å²) in [4.78, 5) is 56.7. The number of rotatable bonds is 4. The molecule has 0 spiro atoms. The number of piperazine rings is 1. The van der Waals surface area contributed by atoms with Gasteiger partial charge in [0, 0.05) is 44.8 Å². The molecule has 226 valence electrons. The van der Waals surface area contributed by atoms with Gasteiger partial charge in [0.2, 0.25) is 0 Å². The second-order valence-corrected chi connectivity index (χ2v) is 12.6. The first-order valence-electron chi connectivity index (χ1n) is 14.1. The number of nitrogens with one attached hydrogen (secondary N) is 3. The van der Waals surface area contributed by atoms with Crippen LogP contribution in [0.5, 0.6) is 0 Å². The minimum Gasteiger partial charge on any atom is -0.444 e. The third-order valence-electron chi connectivity index (χ3n) is 7.34.